The van der Waals surface area contributed by atoms with Gasteiger partial charge in [0.1, 0.15) is 5.75 Å². The number of rotatable bonds is 3. The number of anilines is 1. The minimum absolute atomic E-state index is 0.0539. The number of nitrogens with one attached hydrogen (secondary N) is 2. The van der Waals surface area contributed by atoms with Gasteiger partial charge in [-0.2, -0.15) is 0 Å². The van der Waals surface area contributed by atoms with Gasteiger partial charge in [0.15, 0.2) is 0 Å². The molecule has 1 aliphatic rings. The lowest BCUT2D eigenvalue weighted by atomic mass is 10.1. The summed E-state index contributed by atoms with van der Waals surface area (Å²) in [4.78, 5) is 22.9. The Hall–Kier alpha value is -1.77. The van der Waals surface area contributed by atoms with E-state index < -0.39 is 18.0 Å². The number of alkyl halides is 3. The fraction of sp³-hybridized carbons (Fsp3) is 0.333. The molecule has 21 heavy (non-hydrogen) atoms. The third kappa shape index (κ3) is 4.35. The van der Waals surface area contributed by atoms with Gasteiger partial charge in [0.25, 0.3) is 0 Å². The molecule has 1 unspecified atom stereocenters. The van der Waals surface area contributed by atoms with Crippen molar-refractivity contribution in [3.05, 3.63) is 22.7 Å². The summed E-state index contributed by atoms with van der Waals surface area (Å²) in [5, 5.41) is 5.07. The fourth-order valence-corrected chi connectivity index (χ4v) is 2.28. The third-order valence-corrected chi connectivity index (χ3v) is 3.39. The van der Waals surface area contributed by atoms with Crippen molar-refractivity contribution in [2.75, 3.05) is 11.9 Å². The molecule has 1 saturated heterocycles. The minimum atomic E-state index is -4.79. The molecule has 1 atom stereocenters. The van der Waals surface area contributed by atoms with E-state index in [1.165, 1.54) is 12.1 Å². The van der Waals surface area contributed by atoms with Gasteiger partial charge in [-0.1, -0.05) is 0 Å². The topological polar surface area (TPSA) is 67.4 Å². The lowest BCUT2D eigenvalue weighted by Crippen LogP contribution is -2.24. The van der Waals surface area contributed by atoms with Gasteiger partial charge in [-0.05, 0) is 34.1 Å². The van der Waals surface area contributed by atoms with Crippen molar-refractivity contribution in [3.63, 3.8) is 0 Å². The first-order valence-corrected chi connectivity index (χ1v) is 6.67. The molecule has 114 valence electrons. The molecule has 0 spiro atoms. The maximum atomic E-state index is 12.1. The van der Waals surface area contributed by atoms with Gasteiger partial charge in [0.05, 0.1) is 10.4 Å². The van der Waals surface area contributed by atoms with Crippen LogP contribution in [0.15, 0.2) is 22.7 Å². The molecule has 5 nitrogen and oxygen atoms in total. The molecule has 9 heteroatoms. The zero-order valence-electron chi connectivity index (χ0n) is 10.5. The number of hydrogen-bond acceptors (Lipinski definition) is 3. The molecule has 0 aliphatic carbocycles. The summed E-state index contributed by atoms with van der Waals surface area (Å²) in [6.45, 7) is 0.251. The third-order valence-electron chi connectivity index (χ3n) is 2.77. The van der Waals surface area contributed by atoms with Crippen LogP contribution in [0.5, 0.6) is 5.75 Å². The predicted octanol–water partition coefficient (Wildman–Crippen LogP) is 2.42. The van der Waals surface area contributed by atoms with Crippen LogP contribution in [0, 0.1) is 5.92 Å². The van der Waals surface area contributed by atoms with E-state index in [-0.39, 0.29) is 29.3 Å². The Morgan fingerprint density at radius 2 is 2.14 bits per heavy atom. The summed E-state index contributed by atoms with van der Waals surface area (Å²) in [6.07, 6.45) is -4.69. The molecule has 1 heterocycles. The first kappa shape index (κ1) is 15.6. The average Bonchev–Trinajstić information content (AvgIpc) is 2.78. The van der Waals surface area contributed by atoms with Crippen molar-refractivity contribution in [3.8, 4) is 5.75 Å². The molecule has 1 aromatic rings. The van der Waals surface area contributed by atoms with Gasteiger partial charge in [0, 0.05) is 18.7 Å². The van der Waals surface area contributed by atoms with Gasteiger partial charge in [-0.15, -0.1) is 13.2 Å². The van der Waals surface area contributed by atoms with E-state index in [0.717, 1.165) is 6.07 Å². The van der Waals surface area contributed by atoms with Crippen LogP contribution in [0.2, 0.25) is 0 Å². The molecule has 1 fully saturated rings. The molecule has 0 radical (unpaired) electrons. The highest BCUT2D eigenvalue weighted by Gasteiger charge is 2.32. The van der Waals surface area contributed by atoms with Gasteiger partial charge >= 0.3 is 6.36 Å². The molecule has 2 amide bonds. The van der Waals surface area contributed by atoms with E-state index in [1.807, 2.05) is 0 Å². The lowest BCUT2D eigenvalue weighted by Gasteiger charge is -2.13. The van der Waals surface area contributed by atoms with Crippen LogP contribution < -0.4 is 15.4 Å². The van der Waals surface area contributed by atoms with Gasteiger partial charge in [0.2, 0.25) is 11.8 Å². The lowest BCUT2D eigenvalue weighted by molar-refractivity contribution is -0.274. The normalized spacial score (nSPS) is 18.3. The molecule has 0 aromatic heterocycles. The predicted molar refractivity (Wildman–Crippen MR) is 70.6 cm³/mol. The highest BCUT2D eigenvalue weighted by Crippen LogP contribution is 2.32. The summed E-state index contributed by atoms with van der Waals surface area (Å²) < 4.78 is 40.2. The van der Waals surface area contributed by atoms with Crippen LogP contribution in [-0.2, 0) is 9.59 Å². The smallest absolute Gasteiger partial charge is 0.405 e. The van der Waals surface area contributed by atoms with E-state index in [2.05, 4.69) is 31.3 Å². The Bertz CT molecular complexity index is 577. The second-order valence-corrected chi connectivity index (χ2v) is 5.24. The van der Waals surface area contributed by atoms with Crippen molar-refractivity contribution in [1.29, 1.82) is 0 Å². The fourth-order valence-electron chi connectivity index (χ4n) is 1.82. The standard InChI is InChI=1S/C12H10BrF3N2O3/c13-8-4-7(1-2-9(8)21-12(14,15)16)18-11(20)6-3-10(19)17-5-6/h1-2,4,6H,3,5H2,(H,17,19)(H,18,20). The minimum Gasteiger partial charge on any atom is -0.405 e. The molecule has 0 bridgehead atoms. The van der Waals surface area contributed by atoms with Crippen LogP contribution in [0.1, 0.15) is 6.42 Å². The van der Waals surface area contributed by atoms with Gasteiger partial charge in [-0.25, -0.2) is 0 Å². The molecule has 2 N–H and O–H groups in total. The highest BCUT2D eigenvalue weighted by atomic mass is 79.9. The molecule has 1 aromatic carbocycles. The second-order valence-electron chi connectivity index (χ2n) is 4.39. The number of halogens is 4. The summed E-state index contributed by atoms with van der Waals surface area (Å²) in [7, 11) is 0. The first-order chi connectivity index (χ1) is 9.74. The van der Waals surface area contributed by atoms with E-state index in [1.54, 1.807) is 0 Å². The largest absolute Gasteiger partial charge is 0.573 e. The number of ether oxygens (including phenoxy) is 1. The van der Waals surface area contributed by atoms with Crippen LogP contribution in [0.3, 0.4) is 0 Å². The number of amides is 2. The maximum absolute atomic E-state index is 12.1. The van der Waals surface area contributed by atoms with E-state index in [0.29, 0.717) is 5.69 Å². The molecule has 2 rings (SSSR count). The second kappa shape index (κ2) is 5.92. The number of carbonyl (C=O) groups is 2. The van der Waals surface area contributed by atoms with Crippen LogP contribution in [-0.4, -0.2) is 24.7 Å². The molecule has 1 aliphatic heterocycles. The van der Waals surface area contributed by atoms with Crippen molar-refractivity contribution in [1.82, 2.24) is 5.32 Å². The van der Waals surface area contributed by atoms with Crippen LogP contribution in [0.4, 0.5) is 18.9 Å². The van der Waals surface area contributed by atoms with Crippen LogP contribution >= 0.6 is 15.9 Å². The number of hydrogen-bond donors (Lipinski definition) is 2. The summed E-state index contributed by atoms with van der Waals surface area (Å²) in [5.41, 5.74) is 0.306. The number of benzene rings is 1. The Morgan fingerprint density at radius 3 is 2.67 bits per heavy atom. The van der Waals surface area contributed by atoms with E-state index >= 15 is 0 Å². The Morgan fingerprint density at radius 1 is 1.43 bits per heavy atom. The Balaban J connectivity index is 2.03. The molecular formula is C12H10BrF3N2O3. The van der Waals surface area contributed by atoms with Crippen molar-refractivity contribution in [2.45, 2.75) is 12.8 Å². The Labute approximate surface area is 126 Å². The van der Waals surface area contributed by atoms with Crippen molar-refractivity contribution in [2.24, 2.45) is 5.92 Å². The summed E-state index contributed by atoms with van der Waals surface area (Å²) in [5.74, 6) is -1.46. The molecular weight excluding hydrogens is 357 g/mol. The van der Waals surface area contributed by atoms with Gasteiger partial charge in [-0.3, -0.25) is 9.59 Å². The number of carbonyl (C=O) groups excluding carboxylic acids is 2. The summed E-state index contributed by atoms with van der Waals surface area (Å²) in [6, 6.07) is 3.67. The SMILES string of the molecule is O=C1CC(C(=O)Nc2ccc(OC(F)(F)F)c(Br)c2)CN1. The van der Waals surface area contributed by atoms with Crippen molar-refractivity contribution >= 4 is 33.4 Å². The van der Waals surface area contributed by atoms with Crippen molar-refractivity contribution < 1.29 is 27.5 Å². The van der Waals surface area contributed by atoms with Gasteiger partial charge < -0.3 is 15.4 Å². The summed E-state index contributed by atoms with van der Waals surface area (Å²) >= 11 is 2.94. The maximum Gasteiger partial charge on any atom is 0.573 e. The zero-order valence-corrected chi connectivity index (χ0v) is 12.0. The first-order valence-electron chi connectivity index (χ1n) is 5.87. The zero-order chi connectivity index (χ0) is 15.6. The van der Waals surface area contributed by atoms with E-state index in [4.69, 9.17) is 0 Å². The van der Waals surface area contributed by atoms with Crippen LogP contribution in [0.25, 0.3) is 0 Å². The Kier molecular flexibility index (Phi) is 4.40. The quantitative estimate of drug-likeness (QED) is 0.863. The molecule has 0 saturated carbocycles. The monoisotopic (exact) mass is 366 g/mol. The highest BCUT2D eigenvalue weighted by molar-refractivity contribution is 9.10. The average molecular weight is 367 g/mol. The van der Waals surface area contributed by atoms with E-state index in [9.17, 15) is 22.8 Å².